The van der Waals surface area contributed by atoms with Crippen LogP contribution in [0.15, 0.2) is 66.2 Å². The Bertz CT molecular complexity index is 2870. The summed E-state index contributed by atoms with van der Waals surface area (Å²) in [6, 6.07) is 13.9. The van der Waals surface area contributed by atoms with Gasteiger partial charge < -0.3 is 14.7 Å². The predicted octanol–water partition coefficient (Wildman–Crippen LogP) is 7.30. The number of halogens is 1. The van der Waals surface area contributed by atoms with E-state index in [1.807, 2.05) is 25.1 Å². The number of nitro groups is 2. The fourth-order valence-corrected chi connectivity index (χ4v) is 11.7. The average molecular weight is 880 g/mol. The predicted molar refractivity (Wildman–Crippen MR) is 230 cm³/mol. The summed E-state index contributed by atoms with van der Waals surface area (Å²) < 4.78 is 7.95. The van der Waals surface area contributed by atoms with Gasteiger partial charge in [-0.25, -0.2) is 9.80 Å². The van der Waals surface area contributed by atoms with Crippen LogP contribution in [-0.4, -0.2) is 69.6 Å². The molecule has 6 unspecified atom stereocenters. The Morgan fingerprint density at radius 1 is 0.952 bits per heavy atom. The zero-order chi connectivity index (χ0) is 44.4. The van der Waals surface area contributed by atoms with Gasteiger partial charge >= 0.3 is 11.4 Å². The van der Waals surface area contributed by atoms with Crippen LogP contribution >= 0.6 is 22.9 Å². The lowest BCUT2D eigenvalue weighted by atomic mass is 9.51. The van der Waals surface area contributed by atoms with Crippen LogP contribution in [0.1, 0.15) is 36.8 Å². The molecular weight excluding hydrogens is 842 g/mol. The Labute approximate surface area is 362 Å². The first kappa shape index (κ1) is 40.7. The van der Waals surface area contributed by atoms with Crippen LogP contribution in [0.4, 0.5) is 28.6 Å². The Balaban J connectivity index is 1.16. The highest BCUT2D eigenvalue weighted by Crippen LogP contribution is 2.64. The number of thiophene rings is 1. The van der Waals surface area contributed by atoms with Crippen molar-refractivity contribution in [2.75, 3.05) is 35.9 Å². The number of carbonyl (C=O) groups is 4. The summed E-state index contributed by atoms with van der Waals surface area (Å²) in [7, 11) is 5.85. The standard InChI is InChI=1S/C43H38ClN7O10S/c1-19-25-14-21(44)8-12-33(25)62-38(19)28-18-34(47(5)45-28)49-40(54)27-17-26-23(36(43(27,2)42(49)56)20-7-11-31(52)32(13-20)61-6)9-10-24-35(26)41(55)48(39(24)53)22-15-29(50(57)58)37(46(3)4)30(16-22)51(59)60/h7-9,11-16,18,24,26-27,35-36,52H,10,17H2,1-6H3. The van der Waals surface area contributed by atoms with E-state index in [1.54, 1.807) is 38.2 Å². The highest BCUT2D eigenvalue weighted by molar-refractivity contribution is 7.22. The van der Waals surface area contributed by atoms with Gasteiger partial charge in [0.1, 0.15) is 11.5 Å². The van der Waals surface area contributed by atoms with Gasteiger partial charge in [-0.1, -0.05) is 29.3 Å². The fourth-order valence-electron chi connectivity index (χ4n) is 10.4. The molecule has 318 valence electrons. The molecule has 9 rings (SSSR count). The van der Waals surface area contributed by atoms with E-state index in [1.165, 1.54) is 48.2 Å². The van der Waals surface area contributed by atoms with E-state index < -0.39 is 79.9 Å². The van der Waals surface area contributed by atoms with Gasteiger partial charge in [0.25, 0.3) is 0 Å². The highest BCUT2D eigenvalue weighted by Gasteiger charge is 2.68. The highest BCUT2D eigenvalue weighted by atomic mass is 35.5. The summed E-state index contributed by atoms with van der Waals surface area (Å²) in [6.45, 7) is 3.68. The second kappa shape index (κ2) is 14.2. The minimum absolute atomic E-state index is 0.0100. The maximum Gasteiger partial charge on any atom is 0.301 e. The molecule has 4 aliphatic rings. The number of nitrogens with zero attached hydrogens (tertiary/aromatic N) is 7. The fraction of sp³-hybridized carbons (Fsp3) is 0.326. The molecule has 1 N–H and O–H groups in total. The number of aromatic nitrogens is 2. The number of hydrogen-bond acceptors (Lipinski definition) is 13. The summed E-state index contributed by atoms with van der Waals surface area (Å²) in [5.74, 6) is -6.96. The Hall–Kier alpha value is -6.66. The number of phenols is 1. The van der Waals surface area contributed by atoms with Crippen LogP contribution in [-0.2, 0) is 26.2 Å². The number of rotatable bonds is 8. The Kier molecular flexibility index (Phi) is 9.33. The molecule has 1 saturated carbocycles. The minimum Gasteiger partial charge on any atom is -0.504 e. The van der Waals surface area contributed by atoms with E-state index in [-0.39, 0.29) is 41.5 Å². The smallest absolute Gasteiger partial charge is 0.301 e. The van der Waals surface area contributed by atoms with Gasteiger partial charge in [-0.2, -0.15) is 5.10 Å². The van der Waals surface area contributed by atoms with Gasteiger partial charge in [0, 0.05) is 55.0 Å². The Morgan fingerprint density at radius 3 is 2.29 bits per heavy atom. The molecule has 4 heterocycles. The minimum atomic E-state index is -1.45. The SMILES string of the molecule is COc1cc(C2C3=CCC4C(=O)N(c5cc([N+](=O)[O-])c(N(C)C)c([N+](=O)[O-])c5)C(=O)C4C3CC3C(=O)N(c4cc(-c5sc6ccc(Cl)cc6c5C)nn4C)C(=O)C32C)ccc1O. The van der Waals surface area contributed by atoms with Crippen molar-refractivity contribution in [1.29, 1.82) is 0 Å². The lowest BCUT2D eigenvalue weighted by Crippen LogP contribution is -2.49. The molecule has 2 saturated heterocycles. The largest absolute Gasteiger partial charge is 0.504 e. The second-order valence-corrected chi connectivity index (χ2v) is 18.0. The summed E-state index contributed by atoms with van der Waals surface area (Å²) in [4.78, 5) is 86.2. The number of aryl methyl sites for hydroxylation is 2. The molecule has 5 aromatic rings. The summed E-state index contributed by atoms with van der Waals surface area (Å²) in [6.07, 6.45) is 1.86. The quantitative estimate of drug-likeness (QED) is 0.0704. The molecule has 2 aromatic heterocycles. The zero-order valence-corrected chi connectivity index (χ0v) is 35.7. The van der Waals surface area contributed by atoms with Crippen molar-refractivity contribution in [3.8, 4) is 22.1 Å². The lowest BCUT2D eigenvalue weighted by Gasteiger charge is -2.49. The third-order valence-corrected chi connectivity index (χ3v) is 14.7. The number of methoxy groups -OCH3 is 1. The van der Waals surface area contributed by atoms with Gasteiger partial charge in [0.2, 0.25) is 23.6 Å². The van der Waals surface area contributed by atoms with Crippen LogP contribution in [0.25, 0.3) is 20.7 Å². The van der Waals surface area contributed by atoms with Crippen molar-refractivity contribution < 1.29 is 38.9 Å². The van der Waals surface area contributed by atoms with Crippen molar-refractivity contribution >= 4 is 85.2 Å². The van der Waals surface area contributed by atoms with Crippen LogP contribution in [0.5, 0.6) is 11.5 Å². The third kappa shape index (κ3) is 5.68. The number of nitro benzene ring substituents is 2. The number of ether oxygens (including phenoxy) is 1. The Morgan fingerprint density at radius 2 is 1.65 bits per heavy atom. The molecule has 2 aliphatic carbocycles. The maximum absolute atomic E-state index is 15.2. The van der Waals surface area contributed by atoms with Crippen molar-refractivity contribution in [3.05, 3.63) is 103 Å². The van der Waals surface area contributed by atoms with Crippen molar-refractivity contribution in [2.45, 2.75) is 32.6 Å². The van der Waals surface area contributed by atoms with E-state index in [4.69, 9.17) is 21.4 Å². The number of allylic oxidation sites excluding steroid dienone is 2. The first-order chi connectivity index (χ1) is 29.4. The molecule has 62 heavy (non-hydrogen) atoms. The average Bonchev–Trinajstić information content (AvgIpc) is 3.90. The first-order valence-corrected chi connectivity index (χ1v) is 20.8. The zero-order valence-electron chi connectivity index (χ0n) is 34.1. The van der Waals surface area contributed by atoms with Gasteiger partial charge in [-0.15, -0.1) is 11.3 Å². The van der Waals surface area contributed by atoms with Crippen LogP contribution in [0.2, 0.25) is 5.02 Å². The van der Waals surface area contributed by atoms with Gasteiger partial charge in [0.05, 0.1) is 50.7 Å². The molecule has 2 aliphatic heterocycles. The number of aromatic hydroxyl groups is 1. The van der Waals surface area contributed by atoms with Gasteiger partial charge in [0.15, 0.2) is 17.2 Å². The molecular formula is C43H38ClN7O10S. The number of anilines is 3. The van der Waals surface area contributed by atoms with Crippen LogP contribution in [0.3, 0.4) is 0 Å². The number of fused-ring (bicyclic) bond motifs is 5. The molecule has 4 amide bonds. The molecule has 6 atom stereocenters. The van der Waals surface area contributed by atoms with E-state index in [9.17, 15) is 34.9 Å². The molecule has 17 nitrogen and oxygen atoms in total. The molecule has 3 aromatic carbocycles. The van der Waals surface area contributed by atoms with E-state index >= 15 is 9.59 Å². The second-order valence-electron chi connectivity index (χ2n) is 16.6. The van der Waals surface area contributed by atoms with Crippen molar-refractivity contribution in [2.24, 2.45) is 36.1 Å². The van der Waals surface area contributed by atoms with E-state index in [0.29, 0.717) is 21.9 Å². The number of amides is 4. The lowest BCUT2D eigenvalue weighted by molar-refractivity contribution is -0.392. The number of phenolic OH excluding ortho intramolecular Hbond substituents is 1. The van der Waals surface area contributed by atoms with Crippen LogP contribution in [0, 0.1) is 56.2 Å². The third-order valence-electron chi connectivity index (χ3n) is 13.2. The summed E-state index contributed by atoms with van der Waals surface area (Å²) in [5, 5.41) is 41.4. The molecule has 3 fully saturated rings. The van der Waals surface area contributed by atoms with Gasteiger partial charge in [-0.3, -0.25) is 44.1 Å². The summed E-state index contributed by atoms with van der Waals surface area (Å²) in [5.41, 5.74) is -0.755. The molecule has 19 heteroatoms. The first-order valence-electron chi connectivity index (χ1n) is 19.6. The topological polar surface area (TPSA) is 212 Å². The van der Waals surface area contributed by atoms with Crippen LogP contribution < -0.4 is 19.4 Å². The van der Waals surface area contributed by atoms with E-state index in [0.717, 1.165) is 42.5 Å². The van der Waals surface area contributed by atoms with Crippen molar-refractivity contribution in [1.82, 2.24) is 9.78 Å². The normalized spacial score (nSPS) is 24.3. The molecule has 0 bridgehead atoms. The number of benzene rings is 3. The number of imide groups is 2. The number of carbonyl (C=O) groups excluding carboxylic acids is 4. The monoisotopic (exact) mass is 879 g/mol. The number of hydrogen-bond donors (Lipinski definition) is 1. The van der Waals surface area contributed by atoms with Gasteiger partial charge in [-0.05, 0) is 79.5 Å². The maximum atomic E-state index is 15.2. The summed E-state index contributed by atoms with van der Waals surface area (Å²) >= 11 is 7.82. The van der Waals surface area contributed by atoms with E-state index in [2.05, 4.69) is 0 Å². The van der Waals surface area contributed by atoms with Crippen molar-refractivity contribution in [3.63, 3.8) is 0 Å². The molecule has 0 radical (unpaired) electrons. The molecule has 0 spiro atoms.